The molecule has 0 fully saturated rings. The van der Waals surface area contributed by atoms with E-state index in [9.17, 15) is 4.79 Å². The fraction of sp³-hybridized carbons (Fsp3) is 0.375. The van der Waals surface area contributed by atoms with Crippen molar-refractivity contribution >= 4 is 22.4 Å². The molecular weight excluding hydrogens is 282 g/mol. The fourth-order valence-electron chi connectivity index (χ4n) is 2.75. The zero-order chi connectivity index (χ0) is 14.7. The molecule has 2 heterocycles. The Balaban J connectivity index is 1.56. The van der Waals surface area contributed by atoms with Gasteiger partial charge in [0.1, 0.15) is 0 Å². The summed E-state index contributed by atoms with van der Waals surface area (Å²) in [5.74, 6) is 0.217. The maximum absolute atomic E-state index is 12.4. The summed E-state index contributed by atoms with van der Waals surface area (Å²) in [6.45, 7) is 1.63. The molecule has 21 heavy (non-hydrogen) atoms. The minimum absolute atomic E-state index is 0.217. The number of carbonyl (C=O) groups is 1. The second-order valence-corrected chi connectivity index (χ2v) is 6.22. The monoisotopic (exact) mass is 301 g/mol. The third kappa shape index (κ3) is 3.42. The summed E-state index contributed by atoms with van der Waals surface area (Å²) in [4.78, 5) is 18.5. The molecule has 5 heteroatoms. The normalized spacial score (nSPS) is 14.6. The largest absolute Gasteiger partial charge is 0.375 e. The van der Waals surface area contributed by atoms with E-state index in [0.717, 1.165) is 31.6 Å². The van der Waals surface area contributed by atoms with Crippen LogP contribution in [0.2, 0.25) is 0 Å². The van der Waals surface area contributed by atoms with Crippen molar-refractivity contribution in [2.45, 2.75) is 25.7 Å². The summed E-state index contributed by atoms with van der Waals surface area (Å²) in [5.41, 5.74) is 9.28. The molecule has 2 N–H and O–H groups in total. The number of nitrogens with zero attached hydrogens (tertiary/aromatic N) is 2. The summed E-state index contributed by atoms with van der Waals surface area (Å²) in [6.07, 6.45) is 3.09. The van der Waals surface area contributed by atoms with Crippen molar-refractivity contribution in [2.24, 2.45) is 0 Å². The Kier molecular flexibility index (Phi) is 4.20. The molecule has 0 spiro atoms. The van der Waals surface area contributed by atoms with Crippen molar-refractivity contribution in [3.8, 4) is 0 Å². The lowest BCUT2D eigenvalue weighted by Gasteiger charge is -2.20. The Labute approximate surface area is 128 Å². The Morgan fingerprint density at radius 3 is 2.48 bits per heavy atom. The smallest absolute Gasteiger partial charge is 0.222 e. The number of fused-ring (bicyclic) bond motifs is 1. The minimum atomic E-state index is 0.217. The van der Waals surface area contributed by atoms with Crippen LogP contribution in [0.25, 0.3) is 0 Å². The number of benzene rings is 1. The fourth-order valence-corrected chi connectivity index (χ4v) is 3.35. The van der Waals surface area contributed by atoms with Crippen LogP contribution in [0.4, 0.5) is 5.13 Å². The summed E-state index contributed by atoms with van der Waals surface area (Å²) in [5, 5.41) is 2.50. The minimum Gasteiger partial charge on any atom is -0.375 e. The average molecular weight is 301 g/mol. The van der Waals surface area contributed by atoms with E-state index in [2.05, 4.69) is 29.2 Å². The Morgan fingerprint density at radius 2 is 1.90 bits per heavy atom. The van der Waals surface area contributed by atoms with Gasteiger partial charge in [0.05, 0.1) is 5.69 Å². The highest BCUT2D eigenvalue weighted by atomic mass is 32.1. The molecular formula is C16H19N3OS. The van der Waals surface area contributed by atoms with Crippen LogP contribution in [-0.2, 0) is 24.1 Å². The number of nitrogens with two attached hydrogens (primary N) is 1. The van der Waals surface area contributed by atoms with E-state index in [1.165, 1.54) is 22.5 Å². The molecule has 1 aliphatic heterocycles. The molecule has 0 saturated carbocycles. The number of hydrogen-bond acceptors (Lipinski definition) is 4. The molecule has 0 saturated heterocycles. The predicted octanol–water partition coefficient (Wildman–Crippen LogP) is 2.29. The molecule has 4 nitrogen and oxygen atoms in total. The van der Waals surface area contributed by atoms with Gasteiger partial charge in [-0.1, -0.05) is 24.3 Å². The van der Waals surface area contributed by atoms with Crippen molar-refractivity contribution in [3.05, 3.63) is 46.5 Å². The van der Waals surface area contributed by atoms with Gasteiger partial charge in [-0.3, -0.25) is 4.79 Å². The number of thiazole rings is 1. The van der Waals surface area contributed by atoms with Crippen LogP contribution in [0.3, 0.4) is 0 Å². The van der Waals surface area contributed by atoms with Crippen LogP contribution < -0.4 is 5.73 Å². The molecule has 3 rings (SSSR count). The van der Waals surface area contributed by atoms with E-state index in [4.69, 9.17) is 5.73 Å². The van der Waals surface area contributed by atoms with E-state index in [1.54, 1.807) is 0 Å². The molecule has 0 aliphatic carbocycles. The van der Waals surface area contributed by atoms with Crippen molar-refractivity contribution < 1.29 is 4.79 Å². The molecule has 0 bridgehead atoms. The zero-order valence-corrected chi connectivity index (χ0v) is 12.7. The van der Waals surface area contributed by atoms with Crippen molar-refractivity contribution in [3.63, 3.8) is 0 Å². The number of amides is 1. The van der Waals surface area contributed by atoms with E-state index in [-0.39, 0.29) is 5.91 Å². The molecule has 0 unspecified atom stereocenters. The van der Waals surface area contributed by atoms with Crippen LogP contribution in [0, 0.1) is 0 Å². The molecule has 1 amide bonds. The van der Waals surface area contributed by atoms with Crippen LogP contribution in [0.1, 0.15) is 23.2 Å². The van der Waals surface area contributed by atoms with Gasteiger partial charge in [-0.2, -0.15) is 0 Å². The van der Waals surface area contributed by atoms with Gasteiger partial charge in [0.15, 0.2) is 5.13 Å². The van der Waals surface area contributed by atoms with E-state index >= 15 is 0 Å². The molecule has 0 radical (unpaired) electrons. The number of hydrogen-bond donors (Lipinski definition) is 1. The summed E-state index contributed by atoms with van der Waals surface area (Å²) in [7, 11) is 0. The van der Waals surface area contributed by atoms with Crippen molar-refractivity contribution in [1.29, 1.82) is 0 Å². The molecule has 1 aromatic heterocycles. The maximum atomic E-state index is 12.4. The molecule has 110 valence electrons. The number of nitrogen functional groups attached to an aromatic ring is 1. The number of anilines is 1. The highest BCUT2D eigenvalue weighted by Gasteiger charge is 2.18. The van der Waals surface area contributed by atoms with Crippen LogP contribution in [0.15, 0.2) is 29.6 Å². The first-order chi connectivity index (χ1) is 10.2. The first kappa shape index (κ1) is 14.1. The summed E-state index contributed by atoms with van der Waals surface area (Å²) in [6, 6.07) is 8.48. The van der Waals surface area contributed by atoms with Crippen molar-refractivity contribution in [2.75, 3.05) is 18.8 Å². The lowest BCUT2D eigenvalue weighted by atomic mass is 10.0. The number of rotatable bonds is 3. The van der Waals surface area contributed by atoms with Gasteiger partial charge < -0.3 is 10.6 Å². The molecule has 1 aromatic carbocycles. The van der Waals surface area contributed by atoms with Gasteiger partial charge in [0.2, 0.25) is 5.91 Å². The zero-order valence-electron chi connectivity index (χ0n) is 11.9. The highest BCUT2D eigenvalue weighted by Crippen LogP contribution is 2.17. The standard InChI is InChI=1S/C16H19N3OS/c17-16-18-14(11-21-16)5-6-15(20)19-9-7-12-3-1-2-4-13(12)8-10-19/h1-4,11H,5-10H2,(H2,17,18). The van der Waals surface area contributed by atoms with Gasteiger partial charge in [0, 0.05) is 24.9 Å². The Morgan fingerprint density at radius 1 is 1.24 bits per heavy atom. The first-order valence-corrected chi connectivity index (χ1v) is 8.15. The Hall–Kier alpha value is -1.88. The van der Waals surface area contributed by atoms with Gasteiger partial charge in [-0.05, 0) is 30.4 Å². The lowest BCUT2D eigenvalue weighted by molar-refractivity contribution is -0.131. The first-order valence-electron chi connectivity index (χ1n) is 7.27. The third-order valence-corrected chi connectivity index (χ3v) is 4.66. The number of aromatic nitrogens is 1. The molecule has 2 aromatic rings. The van der Waals surface area contributed by atoms with Gasteiger partial charge >= 0.3 is 0 Å². The second kappa shape index (κ2) is 6.26. The van der Waals surface area contributed by atoms with Crippen molar-refractivity contribution in [1.82, 2.24) is 9.88 Å². The molecule has 1 aliphatic rings. The quantitative estimate of drug-likeness (QED) is 0.946. The summed E-state index contributed by atoms with van der Waals surface area (Å²) >= 11 is 1.43. The highest BCUT2D eigenvalue weighted by molar-refractivity contribution is 7.13. The topological polar surface area (TPSA) is 59.2 Å². The van der Waals surface area contributed by atoms with Crippen LogP contribution >= 0.6 is 11.3 Å². The third-order valence-electron chi connectivity index (χ3n) is 3.94. The van der Waals surface area contributed by atoms with Crippen LogP contribution in [0.5, 0.6) is 0 Å². The van der Waals surface area contributed by atoms with E-state index < -0.39 is 0 Å². The SMILES string of the molecule is Nc1nc(CCC(=O)N2CCc3ccccc3CC2)cs1. The van der Waals surface area contributed by atoms with E-state index in [0.29, 0.717) is 18.0 Å². The number of carbonyl (C=O) groups excluding carboxylic acids is 1. The second-order valence-electron chi connectivity index (χ2n) is 5.33. The lowest BCUT2D eigenvalue weighted by Crippen LogP contribution is -2.33. The van der Waals surface area contributed by atoms with Gasteiger partial charge in [-0.25, -0.2) is 4.98 Å². The molecule has 0 atom stereocenters. The maximum Gasteiger partial charge on any atom is 0.222 e. The van der Waals surface area contributed by atoms with E-state index in [1.807, 2.05) is 10.3 Å². The number of aryl methyl sites for hydroxylation is 1. The van der Waals surface area contributed by atoms with Gasteiger partial charge in [-0.15, -0.1) is 11.3 Å². The Bertz CT molecular complexity index is 611. The summed E-state index contributed by atoms with van der Waals surface area (Å²) < 4.78 is 0. The predicted molar refractivity (Wildman–Crippen MR) is 85.3 cm³/mol. The van der Waals surface area contributed by atoms with Crippen LogP contribution in [-0.4, -0.2) is 28.9 Å². The van der Waals surface area contributed by atoms with Gasteiger partial charge in [0.25, 0.3) is 0 Å². The average Bonchev–Trinajstić information content (AvgIpc) is 2.79.